The molecule has 0 heterocycles. The fourth-order valence-corrected chi connectivity index (χ4v) is 2.60. The van der Waals surface area contributed by atoms with Crippen LogP contribution >= 0.6 is 0 Å². The summed E-state index contributed by atoms with van der Waals surface area (Å²) in [6.07, 6.45) is 6.59. The third-order valence-electron chi connectivity index (χ3n) is 3.71. The Hall–Kier alpha value is -1.02. The lowest BCUT2D eigenvalue weighted by atomic mass is 10.0. The monoisotopic (exact) mass is 277 g/mol. The zero-order valence-electron chi connectivity index (χ0n) is 13.6. The molecule has 2 atom stereocenters. The van der Waals surface area contributed by atoms with Gasteiger partial charge >= 0.3 is 0 Å². The second-order valence-electron chi connectivity index (χ2n) is 5.61. The van der Waals surface area contributed by atoms with Crippen LogP contribution in [0.3, 0.4) is 0 Å². The summed E-state index contributed by atoms with van der Waals surface area (Å²) < 4.78 is 5.71. The van der Waals surface area contributed by atoms with E-state index in [9.17, 15) is 0 Å². The predicted octanol–water partition coefficient (Wildman–Crippen LogP) is 5.09. The Morgan fingerprint density at radius 3 is 2.50 bits per heavy atom. The largest absolute Gasteiger partial charge is 0.494 e. The molecule has 0 saturated carbocycles. The van der Waals surface area contributed by atoms with Gasteiger partial charge in [-0.05, 0) is 33.3 Å². The third-order valence-corrected chi connectivity index (χ3v) is 3.71. The summed E-state index contributed by atoms with van der Waals surface area (Å²) >= 11 is 0. The number of nitrogens with one attached hydrogen (secondary N) is 1. The maximum atomic E-state index is 5.71. The third kappa shape index (κ3) is 5.96. The quantitative estimate of drug-likeness (QED) is 0.601. The summed E-state index contributed by atoms with van der Waals surface area (Å²) in [7, 11) is 0. The van der Waals surface area contributed by atoms with Crippen LogP contribution in [0.1, 0.15) is 71.4 Å². The van der Waals surface area contributed by atoms with Crippen LogP contribution in [0, 0.1) is 0 Å². The first-order valence-electron chi connectivity index (χ1n) is 8.16. The van der Waals surface area contributed by atoms with Gasteiger partial charge in [-0.15, -0.1) is 0 Å². The molecule has 1 N–H and O–H groups in total. The Kier molecular flexibility index (Phi) is 8.36. The number of benzene rings is 1. The molecule has 0 aliphatic heterocycles. The molecule has 0 aliphatic rings. The van der Waals surface area contributed by atoms with Crippen molar-refractivity contribution in [3.8, 4) is 5.75 Å². The van der Waals surface area contributed by atoms with Crippen LogP contribution < -0.4 is 10.1 Å². The number of hydrogen-bond donors (Lipinski definition) is 1. The van der Waals surface area contributed by atoms with Crippen molar-refractivity contribution < 1.29 is 4.74 Å². The molecule has 20 heavy (non-hydrogen) atoms. The van der Waals surface area contributed by atoms with Crippen LogP contribution in [0.2, 0.25) is 0 Å². The minimum Gasteiger partial charge on any atom is -0.494 e. The second-order valence-corrected chi connectivity index (χ2v) is 5.61. The van der Waals surface area contributed by atoms with Gasteiger partial charge in [-0.1, -0.05) is 50.8 Å². The van der Waals surface area contributed by atoms with E-state index in [0.29, 0.717) is 12.1 Å². The Balaban J connectivity index is 2.47. The van der Waals surface area contributed by atoms with Crippen LogP contribution in [0.4, 0.5) is 0 Å². The molecule has 0 spiro atoms. The highest BCUT2D eigenvalue weighted by molar-refractivity contribution is 5.35. The van der Waals surface area contributed by atoms with E-state index in [0.717, 1.165) is 12.4 Å². The summed E-state index contributed by atoms with van der Waals surface area (Å²) in [4.78, 5) is 0. The Morgan fingerprint density at radius 1 is 1.05 bits per heavy atom. The molecule has 1 aromatic rings. The number of rotatable bonds is 10. The topological polar surface area (TPSA) is 21.3 Å². The standard InChI is InChI=1S/C18H31NO/c1-5-7-8-9-12-15(3)19-16(4)17-13-10-11-14-18(17)20-6-2/h10-11,13-16,19H,5-9,12H2,1-4H3. The maximum absolute atomic E-state index is 5.71. The van der Waals surface area contributed by atoms with Crippen molar-refractivity contribution in [2.24, 2.45) is 0 Å². The molecule has 1 rings (SSSR count). The highest BCUT2D eigenvalue weighted by atomic mass is 16.5. The zero-order valence-corrected chi connectivity index (χ0v) is 13.6. The van der Waals surface area contributed by atoms with Crippen molar-refractivity contribution in [1.29, 1.82) is 0 Å². The molecule has 2 heteroatoms. The van der Waals surface area contributed by atoms with Gasteiger partial charge in [0.25, 0.3) is 0 Å². The second kappa shape index (κ2) is 9.82. The van der Waals surface area contributed by atoms with Gasteiger partial charge in [-0.3, -0.25) is 0 Å². The molecule has 114 valence electrons. The van der Waals surface area contributed by atoms with E-state index in [1.54, 1.807) is 0 Å². The molecule has 0 fully saturated rings. The fraction of sp³-hybridized carbons (Fsp3) is 0.667. The number of hydrogen-bond acceptors (Lipinski definition) is 2. The average molecular weight is 277 g/mol. The van der Waals surface area contributed by atoms with Crippen molar-refractivity contribution in [3.05, 3.63) is 29.8 Å². The summed E-state index contributed by atoms with van der Waals surface area (Å²) in [5, 5.41) is 3.69. The summed E-state index contributed by atoms with van der Waals surface area (Å²) in [6, 6.07) is 9.22. The highest BCUT2D eigenvalue weighted by Gasteiger charge is 2.13. The summed E-state index contributed by atoms with van der Waals surface area (Å²) in [6.45, 7) is 9.52. The predicted molar refractivity (Wildman–Crippen MR) is 87.4 cm³/mol. The van der Waals surface area contributed by atoms with Crippen molar-refractivity contribution in [3.63, 3.8) is 0 Å². The molecule has 0 amide bonds. The maximum Gasteiger partial charge on any atom is 0.124 e. The molecule has 2 unspecified atom stereocenters. The van der Waals surface area contributed by atoms with Gasteiger partial charge in [0.05, 0.1) is 6.61 Å². The van der Waals surface area contributed by atoms with Gasteiger partial charge < -0.3 is 10.1 Å². The number of para-hydroxylation sites is 1. The SMILES string of the molecule is CCCCCCC(C)NC(C)c1ccccc1OCC. The molecule has 0 radical (unpaired) electrons. The van der Waals surface area contributed by atoms with Crippen LogP contribution in [-0.4, -0.2) is 12.6 Å². The first kappa shape index (κ1) is 17.0. The highest BCUT2D eigenvalue weighted by Crippen LogP contribution is 2.25. The zero-order chi connectivity index (χ0) is 14.8. The van der Waals surface area contributed by atoms with Crippen molar-refractivity contribution >= 4 is 0 Å². The molecular weight excluding hydrogens is 246 g/mol. The Labute approximate surface area is 124 Å². The average Bonchev–Trinajstić information content (AvgIpc) is 2.44. The van der Waals surface area contributed by atoms with E-state index >= 15 is 0 Å². The van der Waals surface area contributed by atoms with Crippen LogP contribution in [0.5, 0.6) is 5.75 Å². The van der Waals surface area contributed by atoms with Crippen LogP contribution in [0.25, 0.3) is 0 Å². The minimum atomic E-state index is 0.332. The smallest absolute Gasteiger partial charge is 0.124 e. The van der Waals surface area contributed by atoms with Crippen molar-refractivity contribution in [2.45, 2.75) is 71.9 Å². The first-order valence-corrected chi connectivity index (χ1v) is 8.16. The van der Waals surface area contributed by atoms with Crippen LogP contribution in [0.15, 0.2) is 24.3 Å². The van der Waals surface area contributed by atoms with E-state index in [1.807, 2.05) is 13.0 Å². The number of ether oxygens (including phenoxy) is 1. The lowest BCUT2D eigenvalue weighted by molar-refractivity contribution is 0.329. The number of unbranched alkanes of at least 4 members (excludes halogenated alkanes) is 3. The molecule has 0 saturated heterocycles. The summed E-state index contributed by atoms with van der Waals surface area (Å²) in [5.41, 5.74) is 1.26. The molecule has 2 nitrogen and oxygen atoms in total. The van der Waals surface area contributed by atoms with Gasteiger partial charge in [0.15, 0.2) is 0 Å². The summed E-state index contributed by atoms with van der Waals surface area (Å²) in [5.74, 6) is 1.01. The molecular formula is C18H31NO. The first-order chi connectivity index (χ1) is 9.69. The lowest BCUT2D eigenvalue weighted by Crippen LogP contribution is -2.29. The Bertz CT molecular complexity index is 364. The normalized spacial score (nSPS) is 14.0. The molecule has 1 aromatic carbocycles. The minimum absolute atomic E-state index is 0.332. The van der Waals surface area contributed by atoms with Gasteiger partial charge in [-0.2, -0.15) is 0 Å². The van der Waals surface area contributed by atoms with E-state index in [1.165, 1.54) is 37.7 Å². The molecule has 0 aliphatic carbocycles. The lowest BCUT2D eigenvalue weighted by Gasteiger charge is -2.22. The van der Waals surface area contributed by atoms with Gasteiger partial charge in [0, 0.05) is 17.6 Å². The van der Waals surface area contributed by atoms with Crippen molar-refractivity contribution in [1.82, 2.24) is 5.32 Å². The van der Waals surface area contributed by atoms with Gasteiger partial charge in [-0.25, -0.2) is 0 Å². The Morgan fingerprint density at radius 2 is 1.80 bits per heavy atom. The van der Waals surface area contributed by atoms with Crippen molar-refractivity contribution in [2.75, 3.05) is 6.61 Å². The van der Waals surface area contributed by atoms with Gasteiger partial charge in [0.2, 0.25) is 0 Å². The van der Waals surface area contributed by atoms with E-state index < -0.39 is 0 Å². The molecule has 0 aromatic heterocycles. The van der Waals surface area contributed by atoms with Crippen LogP contribution in [-0.2, 0) is 0 Å². The van der Waals surface area contributed by atoms with Gasteiger partial charge in [0.1, 0.15) is 5.75 Å². The van der Waals surface area contributed by atoms with E-state index in [-0.39, 0.29) is 0 Å². The molecule has 0 bridgehead atoms. The van der Waals surface area contributed by atoms with E-state index in [4.69, 9.17) is 4.74 Å². The fourth-order valence-electron chi connectivity index (χ4n) is 2.60. The van der Waals surface area contributed by atoms with E-state index in [2.05, 4.69) is 44.3 Å².